The molecule has 1 aliphatic rings. The zero-order chi connectivity index (χ0) is 14.2. The molecule has 1 N–H and O–H groups in total. The molecule has 2 atom stereocenters. The highest BCUT2D eigenvalue weighted by atomic mass is 79.9. The molecular weight excluding hydrogens is 334 g/mol. The predicted molar refractivity (Wildman–Crippen MR) is 90.6 cm³/mol. The van der Waals surface area contributed by atoms with Crippen molar-refractivity contribution >= 4 is 27.3 Å². The van der Waals surface area contributed by atoms with E-state index in [1.54, 1.807) is 0 Å². The molecule has 0 radical (unpaired) electrons. The second-order valence-corrected chi connectivity index (χ2v) is 8.17. The molecular formula is C16H26BrNOS. The molecule has 4 heteroatoms. The maximum Gasteiger partial charge on any atom is 0.0701 e. The Kier molecular flexibility index (Phi) is 7.56. The number of rotatable bonds is 8. The van der Waals surface area contributed by atoms with Crippen molar-refractivity contribution in [3.8, 4) is 0 Å². The fourth-order valence-electron chi connectivity index (χ4n) is 2.75. The van der Waals surface area contributed by atoms with E-state index in [9.17, 15) is 0 Å². The van der Waals surface area contributed by atoms with E-state index in [-0.39, 0.29) is 0 Å². The molecule has 0 bridgehead atoms. The van der Waals surface area contributed by atoms with E-state index < -0.39 is 0 Å². The largest absolute Gasteiger partial charge is 0.378 e. The fraction of sp³-hybridized carbons (Fsp3) is 0.750. The van der Waals surface area contributed by atoms with Gasteiger partial charge in [0.1, 0.15) is 0 Å². The summed E-state index contributed by atoms with van der Waals surface area (Å²) in [5.74, 6) is 0. The Morgan fingerprint density at radius 3 is 3.00 bits per heavy atom. The Hall–Kier alpha value is 0.1000. The summed E-state index contributed by atoms with van der Waals surface area (Å²) in [7, 11) is 0. The van der Waals surface area contributed by atoms with Crippen LogP contribution >= 0.6 is 27.3 Å². The molecule has 1 fully saturated rings. The number of hydrogen-bond acceptors (Lipinski definition) is 3. The van der Waals surface area contributed by atoms with Gasteiger partial charge in [-0.05, 0) is 79.6 Å². The molecule has 0 aromatic carbocycles. The normalized spacial score (nSPS) is 21.0. The molecule has 1 aromatic rings. The summed E-state index contributed by atoms with van der Waals surface area (Å²) in [6.07, 6.45) is 9.12. The molecule has 20 heavy (non-hydrogen) atoms. The van der Waals surface area contributed by atoms with Crippen molar-refractivity contribution in [3.63, 3.8) is 0 Å². The van der Waals surface area contributed by atoms with Crippen molar-refractivity contribution in [2.45, 2.75) is 64.0 Å². The number of halogens is 1. The van der Waals surface area contributed by atoms with Crippen molar-refractivity contribution < 1.29 is 4.74 Å². The number of ether oxygens (including phenoxy) is 1. The number of hydrogen-bond donors (Lipinski definition) is 1. The van der Waals surface area contributed by atoms with Gasteiger partial charge in [0.05, 0.1) is 9.89 Å². The average Bonchev–Trinajstić information content (AvgIpc) is 2.88. The predicted octanol–water partition coefficient (Wildman–Crippen LogP) is 4.77. The minimum absolute atomic E-state index is 0.504. The van der Waals surface area contributed by atoms with E-state index in [0.29, 0.717) is 12.1 Å². The van der Waals surface area contributed by atoms with Gasteiger partial charge in [-0.25, -0.2) is 0 Å². The topological polar surface area (TPSA) is 21.3 Å². The van der Waals surface area contributed by atoms with E-state index in [4.69, 9.17) is 4.74 Å². The Bertz CT molecular complexity index is 376. The van der Waals surface area contributed by atoms with Crippen LogP contribution in [0.25, 0.3) is 0 Å². The minimum Gasteiger partial charge on any atom is -0.378 e. The van der Waals surface area contributed by atoms with E-state index >= 15 is 0 Å². The van der Waals surface area contributed by atoms with Gasteiger partial charge in [0, 0.05) is 17.5 Å². The molecule has 1 aliphatic heterocycles. The highest BCUT2D eigenvalue weighted by Crippen LogP contribution is 2.25. The maximum absolute atomic E-state index is 5.85. The van der Waals surface area contributed by atoms with Crippen LogP contribution in [0.4, 0.5) is 0 Å². The van der Waals surface area contributed by atoms with Gasteiger partial charge in [-0.15, -0.1) is 11.3 Å². The van der Waals surface area contributed by atoms with Crippen LogP contribution < -0.4 is 5.32 Å². The fourth-order valence-corrected chi connectivity index (χ4v) is 4.31. The van der Waals surface area contributed by atoms with Crippen LogP contribution in [0.5, 0.6) is 0 Å². The van der Waals surface area contributed by atoms with Gasteiger partial charge in [-0.2, -0.15) is 0 Å². The SMILES string of the molecule is CCCNC(CCC1CCCCO1)Cc1ccc(Br)s1. The van der Waals surface area contributed by atoms with Crippen LogP contribution in [-0.2, 0) is 11.2 Å². The summed E-state index contributed by atoms with van der Waals surface area (Å²) in [5.41, 5.74) is 0. The highest BCUT2D eigenvalue weighted by molar-refractivity contribution is 9.11. The van der Waals surface area contributed by atoms with Crippen LogP contribution in [0.15, 0.2) is 15.9 Å². The molecule has 2 unspecified atom stereocenters. The summed E-state index contributed by atoms with van der Waals surface area (Å²) in [5, 5.41) is 3.70. The van der Waals surface area contributed by atoms with E-state index in [1.165, 1.54) is 47.2 Å². The Morgan fingerprint density at radius 2 is 2.35 bits per heavy atom. The summed E-state index contributed by atoms with van der Waals surface area (Å²) in [6.45, 7) is 4.31. The first kappa shape index (κ1) is 16.5. The summed E-state index contributed by atoms with van der Waals surface area (Å²) in [4.78, 5) is 1.47. The smallest absolute Gasteiger partial charge is 0.0701 e. The second-order valence-electron chi connectivity index (χ2n) is 5.63. The van der Waals surface area contributed by atoms with Gasteiger partial charge in [0.15, 0.2) is 0 Å². The lowest BCUT2D eigenvalue weighted by Gasteiger charge is -2.25. The van der Waals surface area contributed by atoms with Crippen molar-refractivity contribution in [2.75, 3.05) is 13.2 Å². The maximum atomic E-state index is 5.85. The summed E-state index contributed by atoms with van der Waals surface area (Å²) in [6, 6.07) is 4.99. The van der Waals surface area contributed by atoms with Crippen LogP contribution in [0.1, 0.15) is 50.3 Å². The van der Waals surface area contributed by atoms with Gasteiger partial charge < -0.3 is 10.1 Å². The zero-order valence-corrected chi connectivity index (χ0v) is 14.8. The lowest BCUT2D eigenvalue weighted by molar-refractivity contribution is 0.00860. The number of thiophene rings is 1. The van der Waals surface area contributed by atoms with Gasteiger partial charge in [0.2, 0.25) is 0 Å². The second kappa shape index (κ2) is 9.19. The quantitative estimate of drug-likeness (QED) is 0.721. The van der Waals surface area contributed by atoms with Crippen LogP contribution in [0.3, 0.4) is 0 Å². The third kappa shape index (κ3) is 5.84. The molecule has 2 heterocycles. The van der Waals surface area contributed by atoms with Crippen LogP contribution in [0.2, 0.25) is 0 Å². The third-order valence-electron chi connectivity index (χ3n) is 3.87. The highest BCUT2D eigenvalue weighted by Gasteiger charge is 2.17. The van der Waals surface area contributed by atoms with E-state index in [1.807, 2.05) is 11.3 Å². The molecule has 2 nitrogen and oxygen atoms in total. The first-order valence-electron chi connectivity index (χ1n) is 7.87. The van der Waals surface area contributed by atoms with Crippen molar-refractivity contribution in [1.82, 2.24) is 5.32 Å². The molecule has 1 saturated heterocycles. The third-order valence-corrected chi connectivity index (χ3v) is 5.52. The molecule has 114 valence electrons. The Labute approximate surface area is 135 Å². The van der Waals surface area contributed by atoms with E-state index in [2.05, 4.69) is 40.3 Å². The molecule has 2 rings (SSSR count). The molecule has 0 aliphatic carbocycles. The monoisotopic (exact) mass is 359 g/mol. The number of nitrogens with one attached hydrogen (secondary N) is 1. The van der Waals surface area contributed by atoms with E-state index in [0.717, 1.165) is 19.6 Å². The minimum atomic E-state index is 0.504. The summed E-state index contributed by atoms with van der Waals surface area (Å²) < 4.78 is 7.09. The molecule has 0 saturated carbocycles. The van der Waals surface area contributed by atoms with Crippen molar-refractivity contribution in [3.05, 3.63) is 20.8 Å². The molecule has 1 aromatic heterocycles. The standard InChI is InChI=1S/C16H26BrNOS/c1-2-10-18-13(12-15-8-9-16(17)20-15)6-7-14-5-3-4-11-19-14/h8-9,13-14,18H,2-7,10-12H2,1H3. The Balaban J connectivity index is 1.79. The van der Waals surface area contributed by atoms with Crippen LogP contribution in [0, 0.1) is 0 Å². The van der Waals surface area contributed by atoms with Gasteiger partial charge in [0.25, 0.3) is 0 Å². The first-order valence-corrected chi connectivity index (χ1v) is 9.48. The zero-order valence-electron chi connectivity index (χ0n) is 12.4. The molecule has 0 spiro atoms. The van der Waals surface area contributed by atoms with Gasteiger partial charge in [-0.1, -0.05) is 6.92 Å². The van der Waals surface area contributed by atoms with Gasteiger partial charge >= 0.3 is 0 Å². The Morgan fingerprint density at radius 1 is 1.45 bits per heavy atom. The summed E-state index contributed by atoms with van der Waals surface area (Å²) >= 11 is 5.41. The van der Waals surface area contributed by atoms with Crippen LogP contribution in [-0.4, -0.2) is 25.3 Å². The van der Waals surface area contributed by atoms with Gasteiger partial charge in [-0.3, -0.25) is 0 Å². The average molecular weight is 360 g/mol. The first-order chi connectivity index (χ1) is 9.78. The lowest BCUT2D eigenvalue weighted by Crippen LogP contribution is -2.33. The lowest BCUT2D eigenvalue weighted by atomic mass is 9.99. The van der Waals surface area contributed by atoms with Crippen molar-refractivity contribution in [2.24, 2.45) is 0 Å². The van der Waals surface area contributed by atoms with Crippen molar-refractivity contribution in [1.29, 1.82) is 0 Å². The molecule has 0 amide bonds.